The van der Waals surface area contributed by atoms with Crippen molar-refractivity contribution < 1.29 is 20.4 Å². The highest BCUT2D eigenvalue weighted by molar-refractivity contribution is 6.33. The number of rotatable bonds is 4. The molecule has 0 unspecified atom stereocenters. The summed E-state index contributed by atoms with van der Waals surface area (Å²) in [4.78, 5) is 0. The second-order valence-corrected chi connectivity index (χ2v) is 11.2. The van der Waals surface area contributed by atoms with Crippen molar-refractivity contribution in [3.8, 4) is 12.1 Å². The second-order valence-electron chi connectivity index (χ2n) is 10.5. The molecule has 0 saturated heterocycles. The Labute approximate surface area is 233 Å². The molecule has 2 aromatic carbocycles. The maximum Gasteiger partial charge on any atom is 0.108 e. The predicted molar refractivity (Wildman–Crippen MR) is 148 cm³/mol. The van der Waals surface area contributed by atoms with Crippen LogP contribution in [0.2, 0.25) is 10.0 Å². The third-order valence-corrected chi connectivity index (χ3v) is 8.87. The van der Waals surface area contributed by atoms with E-state index in [1.165, 1.54) is 0 Å². The Hall–Kier alpha value is -2.56. The fourth-order valence-corrected chi connectivity index (χ4v) is 5.36. The van der Waals surface area contributed by atoms with Gasteiger partial charge in [-0.1, -0.05) is 23.2 Å². The van der Waals surface area contributed by atoms with Crippen LogP contribution in [-0.4, -0.2) is 55.9 Å². The van der Waals surface area contributed by atoms with Crippen LogP contribution in [0.25, 0.3) is 0 Å². The normalized spacial score (nSPS) is 30.1. The Morgan fingerprint density at radius 3 is 1.34 bits per heavy atom. The average Bonchev–Trinajstić information content (AvgIpc) is 3.28. The van der Waals surface area contributed by atoms with E-state index in [9.17, 15) is 20.4 Å². The molecular weight excluding hydrogens is 527 g/mol. The summed E-state index contributed by atoms with van der Waals surface area (Å²) in [6, 6.07) is 10.5. The maximum atomic E-state index is 10.2. The molecule has 8 nitrogen and oxygen atoms in total. The zero-order chi connectivity index (χ0) is 28.4. The van der Waals surface area contributed by atoms with Crippen molar-refractivity contribution in [2.24, 2.45) is 0 Å². The second kappa shape index (κ2) is 11.7. The number of aliphatic hydroxyl groups excluding tert-OH is 2. The van der Waals surface area contributed by atoms with Gasteiger partial charge in [0, 0.05) is 11.4 Å². The number of anilines is 2. The van der Waals surface area contributed by atoms with Crippen LogP contribution in [-0.2, 0) is 0 Å². The summed E-state index contributed by atoms with van der Waals surface area (Å²) in [6.07, 6.45) is 1.05. The SMILES string of the molecule is Cc1c(N[C@@H]2CC[C@@H](O)[C@@]2(C)O)ccc(C#N)c1Cl.Cc1c(N[C@H]2CC[C@H](O)[C@]2(C)O)ccc(C#N)c1Cl. The van der Waals surface area contributed by atoms with E-state index in [1.807, 2.05) is 26.0 Å². The third kappa shape index (κ3) is 5.87. The minimum atomic E-state index is -1.16. The molecular formula is C28H34Cl2N4O4. The van der Waals surface area contributed by atoms with Crippen molar-refractivity contribution in [2.75, 3.05) is 10.6 Å². The number of nitrogens with zero attached hydrogens (tertiary/aromatic N) is 2. The lowest BCUT2D eigenvalue weighted by Gasteiger charge is -2.30. The zero-order valence-electron chi connectivity index (χ0n) is 21.9. The largest absolute Gasteiger partial charge is 0.390 e. The van der Waals surface area contributed by atoms with E-state index in [2.05, 4.69) is 10.6 Å². The molecule has 0 spiro atoms. The lowest BCUT2D eigenvalue weighted by Crippen LogP contribution is -2.46. The standard InChI is InChI=1S/2C14H17ClN2O2/c2*1-8-10(4-3-9(7-16)13(8)15)17-11-5-6-12(18)14(11,2)19/h2*3-4,11-12,17-19H,5-6H2,1-2H3/t2*11-,12-,14+/m10/s1. The quantitative estimate of drug-likeness (QED) is 0.321. The minimum absolute atomic E-state index is 0.231. The summed E-state index contributed by atoms with van der Waals surface area (Å²) < 4.78 is 0. The molecule has 2 aliphatic rings. The van der Waals surface area contributed by atoms with Gasteiger partial charge in [-0.2, -0.15) is 10.5 Å². The molecule has 0 heterocycles. The predicted octanol–water partition coefficient (Wildman–Crippen LogP) is 4.41. The molecule has 0 radical (unpaired) electrons. The number of hydrogen-bond acceptors (Lipinski definition) is 8. The molecule has 2 aliphatic carbocycles. The van der Waals surface area contributed by atoms with E-state index in [0.717, 1.165) is 22.5 Å². The molecule has 0 aromatic heterocycles. The van der Waals surface area contributed by atoms with Gasteiger partial charge in [0.2, 0.25) is 0 Å². The molecule has 6 N–H and O–H groups in total. The number of aliphatic hydroxyl groups is 4. The van der Waals surface area contributed by atoms with Crippen LogP contribution in [0.3, 0.4) is 0 Å². The van der Waals surface area contributed by atoms with Crippen LogP contribution >= 0.6 is 23.2 Å². The van der Waals surface area contributed by atoms with Crippen molar-refractivity contribution >= 4 is 34.6 Å². The van der Waals surface area contributed by atoms with Crippen molar-refractivity contribution in [1.82, 2.24) is 0 Å². The zero-order valence-corrected chi connectivity index (χ0v) is 23.4. The van der Waals surface area contributed by atoms with E-state index >= 15 is 0 Å². The van der Waals surface area contributed by atoms with Crippen LogP contribution in [0.15, 0.2) is 24.3 Å². The summed E-state index contributed by atoms with van der Waals surface area (Å²) in [6.45, 7) is 6.91. The van der Waals surface area contributed by atoms with Gasteiger partial charge in [0.05, 0.1) is 45.5 Å². The van der Waals surface area contributed by atoms with E-state index in [1.54, 1.807) is 38.1 Å². The van der Waals surface area contributed by atoms with Crippen LogP contribution < -0.4 is 10.6 Å². The van der Waals surface area contributed by atoms with Crippen LogP contribution in [0.1, 0.15) is 61.8 Å². The smallest absolute Gasteiger partial charge is 0.108 e. The van der Waals surface area contributed by atoms with Gasteiger partial charge in [-0.25, -0.2) is 0 Å². The monoisotopic (exact) mass is 560 g/mol. The van der Waals surface area contributed by atoms with Crippen molar-refractivity contribution in [2.45, 2.75) is 88.9 Å². The maximum absolute atomic E-state index is 10.2. The lowest BCUT2D eigenvalue weighted by molar-refractivity contribution is -0.0438. The highest BCUT2D eigenvalue weighted by atomic mass is 35.5. The topological polar surface area (TPSA) is 153 Å². The van der Waals surface area contributed by atoms with Crippen molar-refractivity contribution in [3.05, 3.63) is 56.6 Å². The van der Waals surface area contributed by atoms with Crippen LogP contribution in [0, 0.1) is 36.5 Å². The molecule has 0 aliphatic heterocycles. The Kier molecular flexibility index (Phi) is 9.21. The van der Waals surface area contributed by atoms with Gasteiger partial charge in [-0.15, -0.1) is 0 Å². The van der Waals surface area contributed by atoms with E-state index in [0.29, 0.717) is 46.9 Å². The Morgan fingerprint density at radius 1 is 0.737 bits per heavy atom. The molecule has 2 saturated carbocycles. The van der Waals surface area contributed by atoms with Gasteiger partial charge in [-0.3, -0.25) is 0 Å². The van der Waals surface area contributed by atoms with Crippen LogP contribution in [0.4, 0.5) is 11.4 Å². The van der Waals surface area contributed by atoms with Gasteiger partial charge in [-0.05, 0) is 88.8 Å². The highest BCUT2D eigenvalue weighted by Crippen LogP contribution is 2.36. The average molecular weight is 562 g/mol. The minimum Gasteiger partial charge on any atom is -0.390 e. The summed E-state index contributed by atoms with van der Waals surface area (Å²) in [5.74, 6) is 0. The molecule has 2 fully saturated rings. The van der Waals surface area contributed by atoms with Gasteiger partial charge in [0.25, 0.3) is 0 Å². The first-order chi connectivity index (χ1) is 17.7. The first kappa shape index (κ1) is 30.0. The van der Waals surface area contributed by atoms with E-state index < -0.39 is 23.4 Å². The molecule has 2 aromatic rings. The molecule has 204 valence electrons. The fraction of sp³-hybridized carbons (Fsp3) is 0.500. The number of nitrogens with one attached hydrogen (secondary N) is 2. The summed E-state index contributed by atoms with van der Waals surface area (Å²) >= 11 is 12.2. The van der Waals surface area contributed by atoms with Gasteiger partial charge in [0.15, 0.2) is 0 Å². The number of hydrogen-bond donors (Lipinski definition) is 6. The summed E-state index contributed by atoms with van der Waals surface area (Å²) in [7, 11) is 0. The van der Waals surface area contributed by atoms with E-state index in [-0.39, 0.29) is 12.1 Å². The fourth-order valence-electron chi connectivity index (χ4n) is 4.95. The molecule has 0 bridgehead atoms. The van der Waals surface area contributed by atoms with Crippen molar-refractivity contribution in [1.29, 1.82) is 10.5 Å². The van der Waals surface area contributed by atoms with Gasteiger partial charge in [0.1, 0.15) is 23.3 Å². The molecule has 10 heteroatoms. The van der Waals surface area contributed by atoms with Gasteiger partial charge < -0.3 is 31.1 Å². The Morgan fingerprint density at radius 2 is 1.08 bits per heavy atom. The first-order valence-electron chi connectivity index (χ1n) is 12.5. The Balaban J connectivity index is 0.000000211. The highest BCUT2D eigenvalue weighted by Gasteiger charge is 2.45. The summed E-state index contributed by atoms with van der Waals surface area (Å²) in [5.41, 5.74) is 1.66. The number of halogens is 2. The molecule has 6 atom stereocenters. The first-order valence-corrected chi connectivity index (χ1v) is 13.2. The summed E-state index contributed by atoms with van der Waals surface area (Å²) in [5, 5.41) is 65.1. The van der Waals surface area contributed by atoms with Crippen molar-refractivity contribution in [3.63, 3.8) is 0 Å². The Bertz CT molecular complexity index is 1170. The molecule has 4 rings (SSSR count). The van der Waals surface area contributed by atoms with Crippen LogP contribution in [0.5, 0.6) is 0 Å². The van der Waals surface area contributed by atoms with E-state index in [4.69, 9.17) is 33.7 Å². The molecule has 38 heavy (non-hydrogen) atoms. The molecule has 0 amide bonds. The van der Waals surface area contributed by atoms with Gasteiger partial charge >= 0.3 is 0 Å². The number of nitriles is 2. The third-order valence-electron chi connectivity index (χ3n) is 7.89. The number of benzene rings is 2. The lowest BCUT2D eigenvalue weighted by atomic mass is 9.97.